The average Bonchev–Trinajstić information content (AvgIpc) is 2.79. The Kier molecular flexibility index (Phi) is 8.62. The van der Waals surface area contributed by atoms with Crippen molar-refractivity contribution in [3.63, 3.8) is 0 Å². The highest BCUT2D eigenvalue weighted by atomic mass is 16.2. The van der Waals surface area contributed by atoms with Crippen LogP contribution in [0.25, 0.3) is 0 Å². The van der Waals surface area contributed by atoms with Gasteiger partial charge in [0.2, 0.25) is 11.8 Å². The number of hydrogen-bond donors (Lipinski definition) is 2. The van der Waals surface area contributed by atoms with E-state index in [-0.39, 0.29) is 23.8 Å². The van der Waals surface area contributed by atoms with Gasteiger partial charge in [0.15, 0.2) is 0 Å². The summed E-state index contributed by atoms with van der Waals surface area (Å²) in [5, 5.41) is 6.12. The fourth-order valence-electron chi connectivity index (χ4n) is 4.77. The van der Waals surface area contributed by atoms with Crippen LogP contribution in [0.1, 0.15) is 77.0 Å². The summed E-state index contributed by atoms with van der Waals surface area (Å²) in [6, 6.07) is 0.356. The summed E-state index contributed by atoms with van der Waals surface area (Å²) in [7, 11) is 0. The molecule has 0 bridgehead atoms. The molecule has 0 aromatic carbocycles. The molecule has 3 rings (SSSR count). The van der Waals surface area contributed by atoms with E-state index < -0.39 is 0 Å². The second-order valence-corrected chi connectivity index (χ2v) is 8.89. The molecule has 1 aliphatic carbocycles. The lowest BCUT2D eigenvalue weighted by Gasteiger charge is -2.35. The number of carbonyl (C=O) groups excluding carboxylic acids is 3. The van der Waals surface area contributed by atoms with Gasteiger partial charge in [-0.05, 0) is 38.5 Å². The van der Waals surface area contributed by atoms with E-state index in [0.717, 1.165) is 64.5 Å². The Morgan fingerprint density at radius 3 is 2.24 bits per heavy atom. The third-order valence-electron chi connectivity index (χ3n) is 6.66. The molecule has 7 nitrogen and oxygen atoms in total. The van der Waals surface area contributed by atoms with E-state index >= 15 is 0 Å². The lowest BCUT2D eigenvalue weighted by Crippen LogP contribution is -2.50. The fraction of sp³-hybridized carbons (Fsp3) is 0.864. The molecule has 29 heavy (non-hydrogen) atoms. The van der Waals surface area contributed by atoms with Gasteiger partial charge in [-0.15, -0.1) is 0 Å². The summed E-state index contributed by atoms with van der Waals surface area (Å²) in [5.41, 5.74) is 0. The first-order chi connectivity index (χ1) is 14.1. The van der Waals surface area contributed by atoms with Crippen LogP contribution < -0.4 is 10.6 Å². The first-order valence-corrected chi connectivity index (χ1v) is 11.7. The maximum Gasteiger partial charge on any atom is 0.317 e. The molecular formula is C22H38N4O3. The van der Waals surface area contributed by atoms with Crippen molar-refractivity contribution in [3.05, 3.63) is 0 Å². The highest BCUT2D eigenvalue weighted by Crippen LogP contribution is 2.22. The predicted octanol–water partition coefficient (Wildman–Crippen LogP) is 2.65. The van der Waals surface area contributed by atoms with E-state index in [0.29, 0.717) is 32.1 Å². The summed E-state index contributed by atoms with van der Waals surface area (Å²) in [5.74, 6) is 0.185. The van der Waals surface area contributed by atoms with Crippen LogP contribution in [0.3, 0.4) is 0 Å². The Morgan fingerprint density at radius 2 is 1.48 bits per heavy atom. The molecule has 4 amide bonds. The average molecular weight is 407 g/mol. The lowest BCUT2D eigenvalue weighted by atomic mass is 9.94. The minimum absolute atomic E-state index is 0.0260. The molecule has 0 radical (unpaired) electrons. The maximum atomic E-state index is 13.1. The Balaban J connectivity index is 1.45. The third-order valence-corrected chi connectivity index (χ3v) is 6.66. The minimum atomic E-state index is -0.0260. The third kappa shape index (κ3) is 6.89. The molecule has 3 aliphatic rings. The smallest absolute Gasteiger partial charge is 0.317 e. The van der Waals surface area contributed by atoms with E-state index in [4.69, 9.17) is 0 Å². The monoisotopic (exact) mass is 406 g/mol. The van der Waals surface area contributed by atoms with Crippen molar-refractivity contribution < 1.29 is 14.4 Å². The second-order valence-electron chi connectivity index (χ2n) is 8.89. The zero-order valence-corrected chi connectivity index (χ0v) is 17.8. The molecule has 0 spiro atoms. The molecule has 3 fully saturated rings. The van der Waals surface area contributed by atoms with Gasteiger partial charge < -0.3 is 20.4 Å². The number of rotatable bonds is 2. The maximum absolute atomic E-state index is 13.1. The molecular weight excluding hydrogens is 368 g/mol. The number of nitrogens with zero attached hydrogens (tertiary/aromatic N) is 2. The summed E-state index contributed by atoms with van der Waals surface area (Å²) >= 11 is 0. The second kappa shape index (κ2) is 11.4. The summed E-state index contributed by atoms with van der Waals surface area (Å²) < 4.78 is 0. The summed E-state index contributed by atoms with van der Waals surface area (Å²) in [6.45, 7) is 3.28. The Labute approximate surface area is 174 Å². The highest BCUT2D eigenvalue weighted by molar-refractivity contribution is 5.81. The van der Waals surface area contributed by atoms with E-state index in [1.165, 1.54) is 19.3 Å². The number of carbonyl (C=O) groups is 3. The van der Waals surface area contributed by atoms with Gasteiger partial charge in [-0.25, -0.2) is 4.79 Å². The molecule has 164 valence electrons. The zero-order valence-electron chi connectivity index (χ0n) is 17.8. The summed E-state index contributed by atoms with van der Waals surface area (Å²) in [4.78, 5) is 41.3. The normalized spacial score (nSPS) is 23.8. The van der Waals surface area contributed by atoms with Crippen molar-refractivity contribution in [1.29, 1.82) is 0 Å². The quantitative estimate of drug-likeness (QED) is 0.740. The van der Waals surface area contributed by atoms with Crippen LogP contribution in [-0.2, 0) is 9.59 Å². The van der Waals surface area contributed by atoms with Crippen LogP contribution in [0, 0.1) is 5.92 Å². The fourth-order valence-corrected chi connectivity index (χ4v) is 4.77. The standard InChI is InChI=1S/C22H38N4O3/c27-20-12-17-25(14-7-2-1-6-13-23-20)21(28)18-10-15-26(16-11-18)22(29)24-19-8-4-3-5-9-19/h18-19H,1-17H2,(H,23,27)(H,24,29). The predicted molar refractivity (Wildman–Crippen MR) is 112 cm³/mol. The van der Waals surface area contributed by atoms with Crippen LogP contribution >= 0.6 is 0 Å². The minimum Gasteiger partial charge on any atom is -0.356 e. The van der Waals surface area contributed by atoms with Crippen molar-refractivity contribution in [2.75, 3.05) is 32.7 Å². The number of likely N-dealkylation sites (tertiary alicyclic amines) is 1. The van der Waals surface area contributed by atoms with Crippen molar-refractivity contribution in [3.8, 4) is 0 Å². The molecule has 2 N–H and O–H groups in total. The van der Waals surface area contributed by atoms with Gasteiger partial charge in [-0.3, -0.25) is 9.59 Å². The van der Waals surface area contributed by atoms with Gasteiger partial charge in [0.25, 0.3) is 0 Å². The highest BCUT2D eigenvalue weighted by Gasteiger charge is 2.31. The van der Waals surface area contributed by atoms with Crippen molar-refractivity contribution in [2.24, 2.45) is 5.92 Å². The summed E-state index contributed by atoms with van der Waals surface area (Å²) in [6.07, 6.45) is 11.9. The first-order valence-electron chi connectivity index (χ1n) is 11.7. The van der Waals surface area contributed by atoms with Crippen LogP contribution in [-0.4, -0.2) is 66.4 Å². The number of amides is 4. The van der Waals surface area contributed by atoms with Crippen LogP contribution in [0.2, 0.25) is 0 Å². The Bertz CT molecular complexity index is 554. The molecule has 0 atom stereocenters. The van der Waals surface area contributed by atoms with E-state index in [9.17, 15) is 14.4 Å². The van der Waals surface area contributed by atoms with Gasteiger partial charge in [0.05, 0.1) is 0 Å². The number of urea groups is 1. The molecule has 0 aromatic rings. The van der Waals surface area contributed by atoms with Crippen LogP contribution in [0.4, 0.5) is 4.79 Å². The number of hydrogen-bond acceptors (Lipinski definition) is 3. The van der Waals surface area contributed by atoms with Crippen LogP contribution in [0.5, 0.6) is 0 Å². The molecule has 2 heterocycles. The van der Waals surface area contributed by atoms with Crippen molar-refractivity contribution >= 4 is 17.8 Å². The zero-order chi connectivity index (χ0) is 20.5. The molecule has 7 heteroatoms. The number of nitrogens with one attached hydrogen (secondary N) is 2. The van der Waals surface area contributed by atoms with Gasteiger partial charge in [0, 0.05) is 51.1 Å². The van der Waals surface area contributed by atoms with Crippen molar-refractivity contribution in [2.45, 2.75) is 83.1 Å². The van der Waals surface area contributed by atoms with Gasteiger partial charge in [-0.1, -0.05) is 32.1 Å². The van der Waals surface area contributed by atoms with E-state index in [1.54, 1.807) is 0 Å². The Hall–Kier alpha value is -1.79. The molecule has 0 unspecified atom stereocenters. The van der Waals surface area contributed by atoms with E-state index in [1.807, 2.05) is 9.80 Å². The van der Waals surface area contributed by atoms with E-state index in [2.05, 4.69) is 10.6 Å². The van der Waals surface area contributed by atoms with Crippen LogP contribution in [0.15, 0.2) is 0 Å². The van der Waals surface area contributed by atoms with Gasteiger partial charge in [-0.2, -0.15) is 0 Å². The van der Waals surface area contributed by atoms with Crippen molar-refractivity contribution in [1.82, 2.24) is 20.4 Å². The number of piperidine rings is 1. The Morgan fingerprint density at radius 1 is 0.793 bits per heavy atom. The SMILES string of the molecule is O=C1CCN(C(=O)C2CCN(C(=O)NC3CCCCC3)CC2)CCCCCCN1. The largest absolute Gasteiger partial charge is 0.356 e. The first kappa shape index (κ1) is 21.9. The lowest BCUT2D eigenvalue weighted by molar-refractivity contribution is -0.137. The van der Waals surface area contributed by atoms with Gasteiger partial charge >= 0.3 is 6.03 Å². The topological polar surface area (TPSA) is 81.8 Å². The molecule has 2 aliphatic heterocycles. The van der Waals surface area contributed by atoms with Gasteiger partial charge in [0.1, 0.15) is 0 Å². The molecule has 1 saturated carbocycles. The molecule has 2 saturated heterocycles. The molecule has 0 aromatic heterocycles.